The van der Waals surface area contributed by atoms with Crippen molar-refractivity contribution in [3.05, 3.63) is 53.5 Å². The summed E-state index contributed by atoms with van der Waals surface area (Å²) in [6, 6.07) is 6.07. The highest BCUT2D eigenvalue weighted by molar-refractivity contribution is 5.93. The van der Waals surface area contributed by atoms with Crippen LogP contribution in [0.15, 0.2) is 41.2 Å². The molecule has 1 aromatic heterocycles. The number of amides is 2. The molecule has 0 radical (unpaired) electrons. The number of urea groups is 1. The number of carbonyl (C=O) groups is 2. The van der Waals surface area contributed by atoms with Crippen molar-refractivity contribution in [3.63, 3.8) is 0 Å². The third-order valence-electron chi connectivity index (χ3n) is 3.07. The van der Waals surface area contributed by atoms with Crippen molar-refractivity contribution < 1.29 is 19.1 Å². The fraction of sp³-hybridized carbons (Fsp3) is 0.200. The lowest BCUT2D eigenvalue weighted by atomic mass is 10.1. The maximum absolute atomic E-state index is 12.1. The van der Waals surface area contributed by atoms with Gasteiger partial charge < -0.3 is 19.7 Å². The molecular weight excluding hydrogens is 272 g/mol. The molecule has 1 aromatic carbocycles. The summed E-state index contributed by atoms with van der Waals surface area (Å²) < 4.78 is 4.95. The standard InChI is InChI=1S/C15H16N2O4/c1-10-3-4-12(14(18)19)7-13(10)16-15(20)17(2)8-11-5-6-21-9-11/h3-7,9H,8H2,1-2H3,(H,16,20)(H,18,19). The van der Waals surface area contributed by atoms with Crippen molar-refractivity contribution in [2.45, 2.75) is 13.5 Å². The molecule has 21 heavy (non-hydrogen) atoms. The molecule has 2 N–H and O–H groups in total. The normalized spacial score (nSPS) is 10.2. The van der Waals surface area contributed by atoms with E-state index in [9.17, 15) is 9.59 Å². The van der Waals surface area contributed by atoms with Gasteiger partial charge >= 0.3 is 12.0 Å². The Balaban J connectivity index is 2.08. The van der Waals surface area contributed by atoms with Gasteiger partial charge in [0.05, 0.1) is 24.6 Å². The summed E-state index contributed by atoms with van der Waals surface area (Å²) in [7, 11) is 1.65. The molecule has 6 nitrogen and oxygen atoms in total. The molecule has 110 valence electrons. The molecule has 0 spiro atoms. The number of hydrogen-bond acceptors (Lipinski definition) is 3. The number of rotatable bonds is 4. The van der Waals surface area contributed by atoms with Crippen molar-refractivity contribution in [1.82, 2.24) is 4.90 Å². The lowest BCUT2D eigenvalue weighted by molar-refractivity contribution is 0.0697. The molecule has 0 aliphatic carbocycles. The van der Waals surface area contributed by atoms with Crippen molar-refractivity contribution >= 4 is 17.7 Å². The Labute approximate surface area is 122 Å². The van der Waals surface area contributed by atoms with Crippen LogP contribution in [-0.2, 0) is 6.54 Å². The van der Waals surface area contributed by atoms with E-state index in [4.69, 9.17) is 9.52 Å². The van der Waals surface area contributed by atoms with Crippen LogP contribution >= 0.6 is 0 Å². The third-order valence-corrected chi connectivity index (χ3v) is 3.07. The van der Waals surface area contributed by atoms with Crippen LogP contribution in [0.2, 0.25) is 0 Å². The molecule has 0 unspecified atom stereocenters. The minimum absolute atomic E-state index is 0.133. The largest absolute Gasteiger partial charge is 0.478 e. The van der Waals surface area contributed by atoms with Crippen molar-refractivity contribution in [2.24, 2.45) is 0 Å². The molecule has 2 amide bonds. The van der Waals surface area contributed by atoms with Gasteiger partial charge in [-0.2, -0.15) is 0 Å². The molecule has 0 fully saturated rings. The van der Waals surface area contributed by atoms with Crippen LogP contribution in [0.3, 0.4) is 0 Å². The number of anilines is 1. The highest BCUT2D eigenvalue weighted by atomic mass is 16.4. The van der Waals surface area contributed by atoms with Crippen LogP contribution in [0, 0.1) is 6.92 Å². The average molecular weight is 288 g/mol. The molecule has 0 atom stereocenters. The maximum atomic E-state index is 12.1. The molecule has 0 saturated carbocycles. The van der Waals surface area contributed by atoms with Gasteiger partial charge in [-0.15, -0.1) is 0 Å². The lowest BCUT2D eigenvalue weighted by Crippen LogP contribution is -2.31. The van der Waals surface area contributed by atoms with Crippen LogP contribution in [-0.4, -0.2) is 29.1 Å². The van der Waals surface area contributed by atoms with E-state index in [1.54, 1.807) is 38.6 Å². The predicted octanol–water partition coefficient (Wildman–Crippen LogP) is 2.95. The molecule has 0 aliphatic rings. The van der Waals surface area contributed by atoms with E-state index in [-0.39, 0.29) is 11.6 Å². The van der Waals surface area contributed by atoms with E-state index in [1.165, 1.54) is 17.0 Å². The summed E-state index contributed by atoms with van der Waals surface area (Å²) >= 11 is 0. The van der Waals surface area contributed by atoms with Gasteiger partial charge in [0, 0.05) is 18.3 Å². The first-order chi connectivity index (χ1) is 9.97. The minimum atomic E-state index is -1.03. The third kappa shape index (κ3) is 3.62. The summed E-state index contributed by atoms with van der Waals surface area (Å²) in [4.78, 5) is 24.6. The van der Waals surface area contributed by atoms with Gasteiger partial charge in [0.2, 0.25) is 0 Å². The maximum Gasteiger partial charge on any atom is 0.335 e. The van der Waals surface area contributed by atoms with Gasteiger partial charge in [-0.3, -0.25) is 0 Å². The Morgan fingerprint density at radius 3 is 2.71 bits per heavy atom. The summed E-state index contributed by atoms with van der Waals surface area (Å²) in [5.74, 6) is -1.03. The second-order valence-electron chi connectivity index (χ2n) is 4.75. The van der Waals surface area contributed by atoms with Crippen molar-refractivity contribution in [2.75, 3.05) is 12.4 Å². The molecular formula is C15H16N2O4. The van der Waals surface area contributed by atoms with Crippen molar-refractivity contribution in [3.8, 4) is 0 Å². The first-order valence-corrected chi connectivity index (χ1v) is 6.34. The second-order valence-corrected chi connectivity index (χ2v) is 4.75. The molecule has 2 rings (SSSR count). The van der Waals surface area contributed by atoms with Gasteiger partial charge in [-0.1, -0.05) is 6.07 Å². The number of carboxylic acid groups (broad SMARTS) is 1. The zero-order valence-electron chi connectivity index (χ0n) is 11.8. The number of nitrogens with zero attached hydrogens (tertiary/aromatic N) is 1. The van der Waals surface area contributed by atoms with E-state index in [0.29, 0.717) is 12.2 Å². The highest BCUT2D eigenvalue weighted by Crippen LogP contribution is 2.18. The zero-order chi connectivity index (χ0) is 15.4. The smallest absolute Gasteiger partial charge is 0.335 e. The minimum Gasteiger partial charge on any atom is -0.478 e. The molecule has 0 aliphatic heterocycles. The van der Waals surface area contributed by atoms with E-state index in [0.717, 1.165) is 11.1 Å². The number of carboxylic acids is 1. The van der Waals surface area contributed by atoms with Gasteiger partial charge in [0.15, 0.2) is 0 Å². The zero-order valence-corrected chi connectivity index (χ0v) is 11.8. The Morgan fingerprint density at radius 1 is 1.33 bits per heavy atom. The van der Waals surface area contributed by atoms with Crippen LogP contribution < -0.4 is 5.32 Å². The average Bonchev–Trinajstić information content (AvgIpc) is 2.93. The van der Waals surface area contributed by atoms with Gasteiger partial charge in [0.1, 0.15) is 0 Å². The van der Waals surface area contributed by atoms with Gasteiger partial charge in [-0.05, 0) is 30.7 Å². The quantitative estimate of drug-likeness (QED) is 0.906. The predicted molar refractivity (Wildman–Crippen MR) is 77.3 cm³/mol. The van der Waals surface area contributed by atoms with Crippen LogP contribution in [0.1, 0.15) is 21.5 Å². The molecule has 2 aromatic rings. The van der Waals surface area contributed by atoms with Crippen molar-refractivity contribution in [1.29, 1.82) is 0 Å². The summed E-state index contributed by atoms with van der Waals surface area (Å²) in [6.07, 6.45) is 3.11. The lowest BCUT2D eigenvalue weighted by Gasteiger charge is -2.18. The van der Waals surface area contributed by atoms with E-state index in [1.807, 2.05) is 0 Å². The number of carbonyl (C=O) groups excluding carboxylic acids is 1. The molecule has 6 heteroatoms. The topological polar surface area (TPSA) is 82.8 Å². The first-order valence-electron chi connectivity index (χ1n) is 6.34. The van der Waals surface area contributed by atoms with Crippen LogP contribution in [0.25, 0.3) is 0 Å². The fourth-order valence-corrected chi connectivity index (χ4v) is 1.83. The Hall–Kier alpha value is -2.76. The molecule has 0 saturated heterocycles. The highest BCUT2D eigenvalue weighted by Gasteiger charge is 2.13. The second kappa shape index (κ2) is 6.13. The number of furan rings is 1. The van der Waals surface area contributed by atoms with E-state index in [2.05, 4.69) is 5.32 Å². The molecule has 0 bridgehead atoms. The Morgan fingerprint density at radius 2 is 2.10 bits per heavy atom. The number of hydrogen-bond donors (Lipinski definition) is 2. The van der Waals surface area contributed by atoms with Gasteiger partial charge in [0.25, 0.3) is 0 Å². The summed E-state index contributed by atoms with van der Waals surface area (Å²) in [5, 5.41) is 11.7. The SMILES string of the molecule is Cc1ccc(C(=O)O)cc1NC(=O)N(C)Cc1ccoc1. The van der Waals surface area contributed by atoms with E-state index >= 15 is 0 Å². The molecule has 1 heterocycles. The monoisotopic (exact) mass is 288 g/mol. The van der Waals surface area contributed by atoms with Crippen LogP contribution in [0.5, 0.6) is 0 Å². The van der Waals surface area contributed by atoms with Gasteiger partial charge in [-0.25, -0.2) is 9.59 Å². The Bertz CT molecular complexity index is 650. The number of nitrogens with one attached hydrogen (secondary N) is 1. The first kappa shape index (κ1) is 14.6. The summed E-state index contributed by atoms with van der Waals surface area (Å²) in [6.45, 7) is 2.21. The number of aromatic carboxylic acids is 1. The summed E-state index contributed by atoms with van der Waals surface area (Å²) in [5.41, 5.74) is 2.29. The number of aryl methyl sites for hydroxylation is 1. The Kier molecular flexibility index (Phi) is 4.27. The fourth-order valence-electron chi connectivity index (χ4n) is 1.83. The van der Waals surface area contributed by atoms with Crippen LogP contribution in [0.4, 0.5) is 10.5 Å². The van der Waals surface area contributed by atoms with E-state index < -0.39 is 5.97 Å². The number of benzene rings is 1.